The zero-order valence-corrected chi connectivity index (χ0v) is 11.6. The lowest BCUT2D eigenvalue weighted by Gasteiger charge is -2.09. The van der Waals surface area contributed by atoms with E-state index in [0.29, 0.717) is 5.69 Å². The van der Waals surface area contributed by atoms with Crippen molar-refractivity contribution >= 4 is 34.1 Å². The topological polar surface area (TPSA) is 42.0 Å². The largest absolute Gasteiger partial charge is 0.321 e. The first kappa shape index (κ1) is 13.5. The van der Waals surface area contributed by atoms with Gasteiger partial charge in [-0.1, -0.05) is 23.7 Å². The predicted octanol–water partition coefficient (Wildman–Crippen LogP) is 4.28. The van der Waals surface area contributed by atoms with Crippen molar-refractivity contribution in [3.8, 4) is 0 Å². The smallest absolute Gasteiger partial charge is 0.260 e. The van der Waals surface area contributed by atoms with E-state index in [1.165, 1.54) is 18.2 Å². The molecule has 21 heavy (non-hydrogen) atoms. The molecule has 2 aromatic carbocycles. The highest BCUT2D eigenvalue weighted by atomic mass is 35.5. The third kappa shape index (κ3) is 2.58. The van der Waals surface area contributed by atoms with E-state index in [9.17, 15) is 9.18 Å². The Morgan fingerprint density at radius 3 is 2.71 bits per heavy atom. The SMILES string of the molecule is O=C(Nc1cccc2ncccc12)c1c(F)cccc1Cl. The first-order valence-electron chi connectivity index (χ1n) is 6.26. The van der Waals surface area contributed by atoms with Crippen molar-refractivity contribution in [1.29, 1.82) is 0 Å². The number of fused-ring (bicyclic) bond motifs is 1. The van der Waals surface area contributed by atoms with Crippen molar-refractivity contribution in [3.05, 3.63) is 71.1 Å². The molecule has 1 heterocycles. The Hall–Kier alpha value is -2.46. The second kappa shape index (κ2) is 5.50. The molecule has 0 aliphatic carbocycles. The van der Waals surface area contributed by atoms with Gasteiger partial charge in [0.05, 0.1) is 21.8 Å². The molecule has 0 aliphatic rings. The van der Waals surface area contributed by atoms with Gasteiger partial charge in [0.15, 0.2) is 0 Å². The number of halogens is 2. The summed E-state index contributed by atoms with van der Waals surface area (Å²) in [6.07, 6.45) is 1.67. The molecule has 1 amide bonds. The number of rotatable bonds is 2. The minimum absolute atomic E-state index is 0.0749. The predicted molar refractivity (Wildman–Crippen MR) is 81.1 cm³/mol. The van der Waals surface area contributed by atoms with E-state index in [1.54, 1.807) is 24.4 Å². The van der Waals surface area contributed by atoms with Crippen molar-refractivity contribution in [2.75, 3.05) is 5.32 Å². The van der Waals surface area contributed by atoms with Gasteiger partial charge < -0.3 is 5.32 Å². The van der Waals surface area contributed by atoms with E-state index >= 15 is 0 Å². The molecule has 0 atom stereocenters. The van der Waals surface area contributed by atoms with Crippen LogP contribution in [0.15, 0.2) is 54.7 Å². The van der Waals surface area contributed by atoms with E-state index < -0.39 is 11.7 Å². The van der Waals surface area contributed by atoms with Crippen LogP contribution < -0.4 is 5.32 Å². The van der Waals surface area contributed by atoms with Crippen molar-refractivity contribution in [2.45, 2.75) is 0 Å². The molecule has 104 valence electrons. The summed E-state index contributed by atoms with van der Waals surface area (Å²) in [5, 5.41) is 3.53. The van der Waals surface area contributed by atoms with Crippen LogP contribution in [0, 0.1) is 5.82 Å². The van der Waals surface area contributed by atoms with Gasteiger partial charge in [0, 0.05) is 11.6 Å². The highest BCUT2D eigenvalue weighted by Crippen LogP contribution is 2.24. The van der Waals surface area contributed by atoms with Crippen LogP contribution in [0.25, 0.3) is 10.9 Å². The second-order valence-electron chi connectivity index (χ2n) is 4.43. The molecule has 0 fully saturated rings. The van der Waals surface area contributed by atoms with E-state index in [0.717, 1.165) is 10.9 Å². The summed E-state index contributed by atoms with van der Waals surface area (Å²) >= 11 is 5.90. The average molecular weight is 301 g/mol. The summed E-state index contributed by atoms with van der Waals surface area (Å²) in [6.45, 7) is 0. The molecule has 5 heteroatoms. The number of nitrogens with zero attached hydrogens (tertiary/aromatic N) is 1. The third-order valence-corrected chi connectivity index (χ3v) is 3.40. The fourth-order valence-corrected chi connectivity index (χ4v) is 2.36. The van der Waals surface area contributed by atoms with Gasteiger partial charge in [0.2, 0.25) is 0 Å². The van der Waals surface area contributed by atoms with Crippen molar-refractivity contribution < 1.29 is 9.18 Å². The maximum atomic E-state index is 13.8. The van der Waals surface area contributed by atoms with Crippen LogP contribution in [-0.2, 0) is 0 Å². The van der Waals surface area contributed by atoms with Gasteiger partial charge in [-0.3, -0.25) is 9.78 Å². The fraction of sp³-hybridized carbons (Fsp3) is 0. The molecule has 0 saturated heterocycles. The number of carbonyl (C=O) groups is 1. The Morgan fingerprint density at radius 2 is 1.90 bits per heavy atom. The van der Waals surface area contributed by atoms with Crippen molar-refractivity contribution in [1.82, 2.24) is 4.98 Å². The quantitative estimate of drug-likeness (QED) is 0.767. The minimum atomic E-state index is -0.654. The number of hydrogen-bond donors (Lipinski definition) is 1. The van der Waals surface area contributed by atoms with Crippen LogP contribution in [0.5, 0.6) is 0 Å². The number of hydrogen-bond acceptors (Lipinski definition) is 2. The Morgan fingerprint density at radius 1 is 1.10 bits per heavy atom. The van der Waals surface area contributed by atoms with Crippen LogP contribution in [0.2, 0.25) is 5.02 Å². The van der Waals surface area contributed by atoms with E-state index in [2.05, 4.69) is 10.3 Å². The van der Waals surface area contributed by atoms with Crippen LogP contribution >= 0.6 is 11.6 Å². The number of pyridine rings is 1. The molecule has 0 bridgehead atoms. The highest BCUT2D eigenvalue weighted by Gasteiger charge is 2.16. The Labute approximate surface area is 125 Å². The van der Waals surface area contributed by atoms with Gasteiger partial charge >= 0.3 is 0 Å². The van der Waals surface area contributed by atoms with Crippen molar-refractivity contribution in [3.63, 3.8) is 0 Å². The molecule has 1 aromatic heterocycles. The second-order valence-corrected chi connectivity index (χ2v) is 4.83. The number of aromatic nitrogens is 1. The third-order valence-electron chi connectivity index (χ3n) is 3.08. The van der Waals surface area contributed by atoms with Crippen molar-refractivity contribution in [2.24, 2.45) is 0 Å². The van der Waals surface area contributed by atoms with E-state index in [4.69, 9.17) is 11.6 Å². The number of carbonyl (C=O) groups excluding carboxylic acids is 1. The molecule has 3 rings (SSSR count). The van der Waals surface area contributed by atoms with Gasteiger partial charge in [-0.2, -0.15) is 0 Å². The summed E-state index contributed by atoms with van der Waals surface area (Å²) in [6, 6.07) is 13.1. The van der Waals surface area contributed by atoms with Crippen LogP contribution in [0.4, 0.5) is 10.1 Å². The number of amides is 1. The maximum absolute atomic E-state index is 13.8. The Kier molecular flexibility index (Phi) is 3.54. The molecule has 0 saturated carbocycles. The standard InChI is InChI=1S/C16H10ClFN2O/c17-11-5-1-6-12(18)15(11)16(21)20-14-8-2-7-13-10(14)4-3-9-19-13/h1-9H,(H,20,21). The van der Waals surface area contributed by atoms with Gasteiger partial charge in [0.25, 0.3) is 5.91 Å². The monoisotopic (exact) mass is 300 g/mol. The number of anilines is 1. The molecule has 0 radical (unpaired) electrons. The summed E-state index contributed by atoms with van der Waals surface area (Å²) in [5.74, 6) is -1.24. The zero-order valence-electron chi connectivity index (χ0n) is 10.8. The molecule has 0 aliphatic heterocycles. The van der Waals surface area contributed by atoms with Gasteiger partial charge in [-0.05, 0) is 36.4 Å². The van der Waals surface area contributed by atoms with E-state index in [-0.39, 0.29) is 10.6 Å². The lowest BCUT2D eigenvalue weighted by atomic mass is 10.1. The number of nitrogens with one attached hydrogen (secondary N) is 1. The lowest BCUT2D eigenvalue weighted by Crippen LogP contribution is -2.14. The molecule has 0 unspecified atom stereocenters. The summed E-state index contributed by atoms with van der Waals surface area (Å²) in [7, 11) is 0. The minimum Gasteiger partial charge on any atom is -0.321 e. The maximum Gasteiger partial charge on any atom is 0.260 e. The molecular formula is C16H10ClFN2O. The van der Waals surface area contributed by atoms with Crippen LogP contribution in [0.1, 0.15) is 10.4 Å². The van der Waals surface area contributed by atoms with Crippen LogP contribution in [0.3, 0.4) is 0 Å². The molecule has 1 N–H and O–H groups in total. The van der Waals surface area contributed by atoms with Crippen LogP contribution in [-0.4, -0.2) is 10.9 Å². The summed E-state index contributed by atoms with van der Waals surface area (Å²) in [5.41, 5.74) is 1.14. The zero-order chi connectivity index (χ0) is 14.8. The first-order valence-corrected chi connectivity index (χ1v) is 6.64. The normalized spacial score (nSPS) is 10.6. The van der Waals surface area contributed by atoms with Gasteiger partial charge in [-0.25, -0.2) is 4.39 Å². The van der Waals surface area contributed by atoms with Gasteiger partial charge in [0.1, 0.15) is 5.82 Å². The molecular weight excluding hydrogens is 291 g/mol. The summed E-state index contributed by atoms with van der Waals surface area (Å²) < 4.78 is 13.8. The highest BCUT2D eigenvalue weighted by molar-refractivity contribution is 6.34. The molecule has 0 spiro atoms. The average Bonchev–Trinajstić information content (AvgIpc) is 2.47. The Balaban J connectivity index is 2.01. The summed E-state index contributed by atoms with van der Waals surface area (Å²) in [4.78, 5) is 16.4. The Bertz CT molecular complexity index is 810. The molecule has 3 aromatic rings. The van der Waals surface area contributed by atoms with E-state index in [1.807, 2.05) is 12.1 Å². The fourth-order valence-electron chi connectivity index (χ4n) is 2.11. The first-order chi connectivity index (χ1) is 10.2. The number of benzene rings is 2. The molecule has 3 nitrogen and oxygen atoms in total. The lowest BCUT2D eigenvalue weighted by molar-refractivity contribution is 0.102. The van der Waals surface area contributed by atoms with Gasteiger partial charge in [-0.15, -0.1) is 0 Å².